The maximum atomic E-state index is 13.1. The van der Waals surface area contributed by atoms with Crippen molar-refractivity contribution in [3.8, 4) is 0 Å². The molecule has 148 valence electrons. The fourth-order valence-electron chi connectivity index (χ4n) is 2.95. The molecule has 1 amide bonds. The SMILES string of the molecule is C/C(Cl)=C\c1cnc(C2(CNC(=O)c3ncccc3C(F)(F)F)CC2)c(Cl)c1. The summed E-state index contributed by atoms with van der Waals surface area (Å²) < 4.78 is 39.2. The summed E-state index contributed by atoms with van der Waals surface area (Å²) in [4.78, 5) is 20.3. The lowest BCUT2D eigenvalue weighted by atomic mass is 10.0. The smallest absolute Gasteiger partial charge is 0.350 e. The lowest BCUT2D eigenvalue weighted by Gasteiger charge is -2.18. The van der Waals surface area contributed by atoms with Gasteiger partial charge in [0.2, 0.25) is 0 Å². The minimum atomic E-state index is -4.66. The van der Waals surface area contributed by atoms with E-state index in [9.17, 15) is 18.0 Å². The van der Waals surface area contributed by atoms with Crippen molar-refractivity contribution in [2.45, 2.75) is 31.4 Å². The number of nitrogens with zero attached hydrogens (tertiary/aromatic N) is 2. The van der Waals surface area contributed by atoms with E-state index < -0.39 is 28.8 Å². The fourth-order valence-corrected chi connectivity index (χ4v) is 3.45. The van der Waals surface area contributed by atoms with Crippen LogP contribution in [-0.4, -0.2) is 22.4 Å². The predicted octanol–water partition coefficient (Wildman–Crippen LogP) is 5.21. The molecule has 1 saturated carbocycles. The molecule has 0 radical (unpaired) electrons. The van der Waals surface area contributed by atoms with E-state index in [4.69, 9.17) is 23.2 Å². The van der Waals surface area contributed by atoms with Gasteiger partial charge in [-0.3, -0.25) is 14.8 Å². The van der Waals surface area contributed by atoms with Crippen molar-refractivity contribution in [1.82, 2.24) is 15.3 Å². The van der Waals surface area contributed by atoms with Crippen LogP contribution in [0.3, 0.4) is 0 Å². The predicted molar refractivity (Wildman–Crippen MR) is 101 cm³/mol. The molecule has 4 nitrogen and oxygen atoms in total. The highest BCUT2D eigenvalue weighted by Crippen LogP contribution is 2.49. The quantitative estimate of drug-likeness (QED) is 0.709. The normalized spacial score (nSPS) is 16.0. The van der Waals surface area contributed by atoms with Crippen molar-refractivity contribution >= 4 is 35.2 Å². The topological polar surface area (TPSA) is 54.9 Å². The van der Waals surface area contributed by atoms with Crippen LogP contribution in [0.4, 0.5) is 13.2 Å². The summed E-state index contributed by atoms with van der Waals surface area (Å²) in [5, 5.41) is 3.56. The monoisotopic (exact) mass is 429 g/mol. The van der Waals surface area contributed by atoms with Gasteiger partial charge in [-0.25, -0.2) is 0 Å². The first-order valence-electron chi connectivity index (χ1n) is 8.43. The number of amides is 1. The Morgan fingerprint density at radius 3 is 2.64 bits per heavy atom. The number of nitrogens with one attached hydrogen (secondary N) is 1. The van der Waals surface area contributed by atoms with Crippen LogP contribution in [0.5, 0.6) is 0 Å². The number of carbonyl (C=O) groups excluding carboxylic acids is 1. The molecule has 0 aliphatic heterocycles. The van der Waals surface area contributed by atoms with Gasteiger partial charge in [0, 0.05) is 29.4 Å². The summed E-state index contributed by atoms with van der Waals surface area (Å²) in [6, 6.07) is 3.70. The maximum Gasteiger partial charge on any atom is 0.418 e. The van der Waals surface area contributed by atoms with Crippen LogP contribution in [-0.2, 0) is 11.6 Å². The molecule has 0 aromatic carbocycles. The van der Waals surface area contributed by atoms with Gasteiger partial charge in [-0.2, -0.15) is 13.2 Å². The molecule has 2 aromatic rings. The summed E-state index contributed by atoms with van der Waals surface area (Å²) >= 11 is 12.2. The molecular weight excluding hydrogens is 414 g/mol. The van der Waals surface area contributed by atoms with E-state index in [1.54, 1.807) is 25.3 Å². The van der Waals surface area contributed by atoms with Crippen LogP contribution in [0.1, 0.15) is 47.1 Å². The van der Waals surface area contributed by atoms with Crippen LogP contribution < -0.4 is 5.32 Å². The van der Waals surface area contributed by atoms with E-state index in [0.29, 0.717) is 15.7 Å². The average Bonchev–Trinajstić information content (AvgIpc) is 3.39. The average molecular weight is 430 g/mol. The Balaban J connectivity index is 1.77. The molecule has 0 bridgehead atoms. The minimum Gasteiger partial charge on any atom is -0.350 e. The first-order chi connectivity index (χ1) is 13.1. The Morgan fingerprint density at radius 2 is 2.07 bits per heavy atom. The molecule has 1 aliphatic carbocycles. The summed E-state index contributed by atoms with van der Waals surface area (Å²) in [7, 11) is 0. The second-order valence-corrected chi connectivity index (χ2v) is 7.69. The van der Waals surface area contributed by atoms with E-state index in [0.717, 1.165) is 36.7 Å². The molecule has 1 N–H and O–H groups in total. The van der Waals surface area contributed by atoms with Crippen molar-refractivity contribution < 1.29 is 18.0 Å². The number of alkyl halides is 3. The molecule has 1 fully saturated rings. The largest absolute Gasteiger partial charge is 0.418 e. The van der Waals surface area contributed by atoms with Gasteiger partial charge in [-0.15, -0.1) is 0 Å². The zero-order valence-electron chi connectivity index (χ0n) is 14.8. The maximum absolute atomic E-state index is 13.1. The number of pyridine rings is 2. The first-order valence-corrected chi connectivity index (χ1v) is 9.18. The van der Waals surface area contributed by atoms with Gasteiger partial charge < -0.3 is 5.32 Å². The molecule has 9 heteroatoms. The summed E-state index contributed by atoms with van der Waals surface area (Å²) in [6.45, 7) is 1.85. The van der Waals surface area contributed by atoms with Gasteiger partial charge in [0.1, 0.15) is 5.69 Å². The van der Waals surface area contributed by atoms with Crippen LogP contribution in [0.15, 0.2) is 35.6 Å². The van der Waals surface area contributed by atoms with E-state index >= 15 is 0 Å². The molecule has 1 aliphatic rings. The first kappa shape index (κ1) is 20.6. The van der Waals surface area contributed by atoms with E-state index in [1.807, 2.05) is 0 Å². The molecule has 2 heterocycles. The Kier molecular flexibility index (Phi) is 5.68. The zero-order valence-corrected chi connectivity index (χ0v) is 16.3. The van der Waals surface area contributed by atoms with Gasteiger partial charge in [-0.05, 0) is 49.6 Å². The number of hydrogen-bond acceptors (Lipinski definition) is 3. The molecule has 0 atom stereocenters. The minimum absolute atomic E-state index is 0.121. The second-order valence-electron chi connectivity index (χ2n) is 6.69. The highest BCUT2D eigenvalue weighted by Gasteiger charge is 2.47. The third-order valence-corrected chi connectivity index (χ3v) is 4.90. The summed E-state index contributed by atoms with van der Waals surface area (Å²) in [5.41, 5.74) is -0.859. The molecular formula is C19H16Cl2F3N3O. The molecule has 0 saturated heterocycles. The number of rotatable bonds is 5. The second kappa shape index (κ2) is 7.72. The Labute approximate surface area is 169 Å². The number of allylic oxidation sites excluding steroid dienone is 1. The van der Waals surface area contributed by atoms with Gasteiger partial charge in [0.25, 0.3) is 5.91 Å². The van der Waals surface area contributed by atoms with Crippen LogP contribution >= 0.6 is 23.2 Å². The van der Waals surface area contributed by atoms with Gasteiger partial charge in [-0.1, -0.05) is 23.2 Å². The number of aromatic nitrogens is 2. The molecule has 3 rings (SSSR count). The van der Waals surface area contributed by atoms with Crippen molar-refractivity contribution in [1.29, 1.82) is 0 Å². The van der Waals surface area contributed by atoms with E-state index in [2.05, 4.69) is 15.3 Å². The molecule has 0 unspecified atom stereocenters. The Hall–Kier alpha value is -2.12. The van der Waals surface area contributed by atoms with Crippen molar-refractivity contribution in [3.63, 3.8) is 0 Å². The van der Waals surface area contributed by atoms with Gasteiger partial charge in [0.05, 0.1) is 16.3 Å². The Morgan fingerprint density at radius 1 is 1.36 bits per heavy atom. The lowest BCUT2D eigenvalue weighted by molar-refractivity contribution is -0.138. The van der Waals surface area contributed by atoms with Gasteiger partial charge >= 0.3 is 6.18 Å². The summed E-state index contributed by atoms with van der Waals surface area (Å²) in [5.74, 6) is -0.882. The van der Waals surface area contributed by atoms with Crippen molar-refractivity contribution in [2.24, 2.45) is 0 Å². The third kappa shape index (κ3) is 4.47. The zero-order chi connectivity index (χ0) is 20.5. The standard InChI is InChI=1S/C19H16Cl2F3N3O/c1-11(20)7-12-8-14(21)16(26-9-12)18(4-5-18)10-27-17(28)15-13(19(22,23)24)3-2-6-25-15/h2-3,6-9H,4-5,10H2,1H3,(H,27,28)/b11-7+. The van der Waals surface area contributed by atoms with Crippen molar-refractivity contribution in [2.75, 3.05) is 6.54 Å². The Bertz CT molecular complexity index is 936. The lowest BCUT2D eigenvalue weighted by Crippen LogP contribution is -2.34. The molecule has 2 aromatic heterocycles. The summed E-state index contributed by atoms with van der Waals surface area (Å²) in [6.07, 6.45) is 1.27. The van der Waals surface area contributed by atoms with Crippen molar-refractivity contribution in [3.05, 3.63) is 63.2 Å². The molecule has 0 spiro atoms. The van der Waals surface area contributed by atoms with Crippen LogP contribution in [0, 0.1) is 0 Å². The van der Waals surface area contributed by atoms with Gasteiger partial charge in [0.15, 0.2) is 0 Å². The third-order valence-electron chi connectivity index (χ3n) is 4.50. The van der Waals surface area contributed by atoms with Crippen LogP contribution in [0.2, 0.25) is 5.02 Å². The van der Waals surface area contributed by atoms with E-state index in [-0.39, 0.29) is 6.54 Å². The number of carbonyl (C=O) groups is 1. The fraction of sp³-hybridized carbons (Fsp3) is 0.316. The highest BCUT2D eigenvalue weighted by molar-refractivity contribution is 6.32. The number of hydrogen-bond donors (Lipinski definition) is 1. The highest BCUT2D eigenvalue weighted by atomic mass is 35.5. The van der Waals surface area contributed by atoms with E-state index in [1.165, 1.54) is 0 Å². The number of halogens is 5. The van der Waals surface area contributed by atoms with Crippen LogP contribution in [0.25, 0.3) is 6.08 Å². The molecule has 28 heavy (non-hydrogen) atoms.